The highest BCUT2D eigenvalue weighted by molar-refractivity contribution is 5.88. The summed E-state index contributed by atoms with van der Waals surface area (Å²) in [6.45, 7) is 1.78. The third kappa shape index (κ3) is 5.31. The monoisotopic (exact) mass is 393 g/mol. The van der Waals surface area contributed by atoms with Gasteiger partial charge in [-0.15, -0.1) is 0 Å². The van der Waals surface area contributed by atoms with Crippen LogP contribution in [0.1, 0.15) is 5.56 Å². The molecule has 3 aromatic carbocycles. The van der Waals surface area contributed by atoms with Crippen molar-refractivity contribution in [2.45, 2.75) is 6.54 Å². The van der Waals surface area contributed by atoms with Crippen LogP contribution in [-0.4, -0.2) is 40.4 Å². The molecular weight excluding hydrogens is 366 g/mol. The maximum Gasteiger partial charge on any atom is 0.191 e. The number of fused-ring (bicyclic) bond motifs is 1. The molecule has 0 fully saturated rings. The van der Waals surface area contributed by atoms with E-state index in [1.54, 1.807) is 21.3 Å². The van der Waals surface area contributed by atoms with Gasteiger partial charge in [0.2, 0.25) is 0 Å². The van der Waals surface area contributed by atoms with Crippen LogP contribution in [0.15, 0.2) is 65.7 Å². The summed E-state index contributed by atoms with van der Waals surface area (Å²) in [5, 5.41) is 8.85. The van der Waals surface area contributed by atoms with E-state index >= 15 is 0 Å². The number of methoxy groups -OCH3 is 2. The molecule has 6 heteroatoms. The molecule has 0 aromatic heterocycles. The van der Waals surface area contributed by atoms with Crippen LogP contribution < -0.4 is 24.8 Å². The first kappa shape index (κ1) is 20.3. The van der Waals surface area contributed by atoms with E-state index in [0.29, 0.717) is 37.2 Å². The van der Waals surface area contributed by atoms with Crippen molar-refractivity contribution in [2.24, 2.45) is 4.99 Å². The summed E-state index contributed by atoms with van der Waals surface area (Å²) in [4.78, 5) is 4.26. The van der Waals surface area contributed by atoms with Gasteiger partial charge in [-0.1, -0.05) is 42.5 Å². The van der Waals surface area contributed by atoms with Gasteiger partial charge in [-0.25, -0.2) is 0 Å². The summed E-state index contributed by atoms with van der Waals surface area (Å²) in [5.41, 5.74) is 1.07. The van der Waals surface area contributed by atoms with E-state index in [4.69, 9.17) is 14.2 Å². The number of hydrogen-bond acceptors (Lipinski definition) is 4. The Morgan fingerprint density at radius 3 is 2.45 bits per heavy atom. The Hall–Kier alpha value is -3.41. The number of rotatable bonds is 8. The van der Waals surface area contributed by atoms with Gasteiger partial charge in [0.1, 0.15) is 12.4 Å². The smallest absolute Gasteiger partial charge is 0.191 e. The molecule has 0 saturated heterocycles. The van der Waals surface area contributed by atoms with Gasteiger partial charge in [0.15, 0.2) is 17.5 Å². The topological polar surface area (TPSA) is 64.1 Å². The zero-order valence-corrected chi connectivity index (χ0v) is 17.1. The van der Waals surface area contributed by atoms with Crippen molar-refractivity contribution in [3.05, 3.63) is 66.2 Å². The molecule has 0 bridgehead atoms. The van der Waals surface area contributed by atoms with E-state index in [9.17, 15) is 0 Å². The van der Waals surface area contributed by atoms with Crippen LogP contribution in [0.4, 0.5) is 0 Å². The van der Waals surface area contributed by atoms with Crippen molar-refractivity contribution in [2.75, 3.05) is 34.4 Å². The molecule has 0 saturated carbocycles. The Kier molecular flexibility index (Phi) is 7.16. The lowest BCUT2D eigenvalue weighted by atomic mass is 10.1. The van der Waals surface area contributed by atoms with Crippen molar-refractivity contribution >= 4 is 16.7 Å². The van der Waals surface area contributed by atoms with E-state index in [1.165, 1.54) is 5.39 Å². The van der Waals surface area contributed by atoms with Crippen LogP contribution >= 0.6 is 0 Å². The van der Waals surface area contributed by atoms with Gasteiger partial charge in [-0.3, -0.25) is 4.99 Å². The Labute approximate surface area is 171 Å². The van der Waals surface area contributed by atoms with E-state index in [2.05, 4.69) is 33.8 Å². The average molecular weight is 393 g/mol. The third-order valence-corrected chi connectivity index (χ3v) is 4.53. The quantitative estimate of drug-likeness (QED) is 0.348. The molecule has 6 nitrogen and oxygen atoms in total. The maximum absolute atomic E-state index is 5.96. The molecule has 0 heterocycles. The van der Waals surface area contributed by atoms with Crippen molar-refractivity contribution in [1.29, 1.82) is 0 Å². The zero-order chi connectivity index (χ0) is 20.5. The summed E-state index contributed by atoms with van der Waals surface area (Å²) in [7, 11) is 5.00. The first-order chi connectivity index (χ1) is 14.2. The summed E-state index contributed by atoms with van der Waals surface area (Å²) in [6.07, 6.45) is 0. The van der Waals surface area contributed by atoms with Crippen LogP contribution in [0.5, 0.6) is 17.2 Å². The van der Waals surface area contributed by atoms with Crippen molar-refractivity contribution in [1.82, 2.24) is 10.6 Å². The van der Waals surface area contributed by atoms with E-state index in [-0.39, 0.29) is 0 Å². The maximum atomic E-state index is 5.96. The number of guanidine groups is 1. The molecule has 3 rings (SSSR count). The lowest BCUT2D eigenvalue weighted by Gasteiger charge is -2.14. The Bertz CT molecular complexity index is 967. The average Bonchev–Trinajstić information content (AvgIpc) is 2.78. The third-order valence-electron chi connectivity index (χ3n) is 4.53. The molecule has 152 valence electrons. The molecule has 0 aliphatic rings. The minimum atomic E-state index is 0.533. The number of ether oxygens (including phenoxy) is 3. The molecule has 3 aromatic rings. The normalized spacial score (nSPS) is 11.2. The van der Waals surface area contributed by atoms with Crippen LogP contribution in [0, 0.1) is 0 Å². The van der Waals surface area contributed by atoms with Gasteiger partial charge < -0.3 is 24.8 Å². The first-order valence-electron chi connectivity index (χ1n) is 9.51. The van der Waals surface area contributed by atoms with Gasteiger partial charge in [0.25, 0.3) is 0 Å². The number of nitrogens with one attached hydrogen (secondary N) is 2. The number of aliphatic imine (C=N–C) groups is 1. The molecule has 2 N–H and O–H groups in total. The molecule has 29 heavy (non-hydrogen) atoms. The Morgan fingerprint density at radius 1 is 0.862 bits per heavy atom. The predicted molar refractivity (Wildman–Crippen MR) is 117 cm³/mol. The molecule has 0 aliphatic heterocycles. The highest BCUT2D eigenvalue weighted by Crippen LogP contribution is 2.27. The van der Waals surface area contributed by atoms with Crippen LogP contribution in [0.2, 0.25) is 0 Å². The predicted octanol–water partition coefficient (Wildman–Crippen LogP) is 3.60. The molecular formula is C23H27N3O3. The minimum Gasteiger partial charge on any atom is -0.493 e. The lowest BCUT2D eigenvalue weighted by Crippen LogP contribution is -2.38. The molecule has 0 amide bonds. The van der Waals surface area contributed by atoms with E-state index < -0.39 is 0 Å². The largest absolute Gasteiger partial charge is 0.493 e. The highest BCUT2D eigenvalue weighted by atomic mass is 16.5. The molecule has 0 aliphatic carbocycles. The highest BCUT2D eigenvalue weighted by Gasteiger charge is 2.06. The fraction of sp³-hybridized carbons (Fsp3) is 0.261. The van der Waals surface area contributed by atoms with E-state index in [1.807, 2.05) is 42.5 Å². The minimum absolute atomic E-state index is 0.533. The van der Waals surface area contributed by atoms with Crippen LogP contribution in [0.3, 0.4) is 0 Å². The van der Waals surface area contributed by atoms with Gasteiger partial charge >= 0.3 is 0 Å². The Balaban J connectivity index is 1.48. The number of nitrogens with zero attached hydrogens (tertiary/aromatic N) is 1. The number of hydrogen-bond donors (Lipinski definition) is 2. The summed E-state index contributed by atoms with van der Waals surface area (Å²) in [5.74, 6) is 3.02. The summed E-state index contributed by atoms with van der Waals surface area (Å²) in [6, 6.07) is 20.1. The molecule has 0 atom stereocenters. The second-order valence-electron chi connectivity index (χ2n) is 6.37. The van der Waals surface area contributed by atoms with E-state index in [0.717, 1.165) is 16.7 Å². The van der Waals surface area contributed by atoms with Crippen molar-refractivity contribution in [3.63, 3.8) is 0 Å². The number of benzene rings is 3. The summed E-state index contributed by atoms with van der Waals surface area (Å²) >= 11 is 0. The second kappa shape index (κ2) is 10.2. The van der Waals surface area contributed by atoms with Gasteiger partial charge in [0.05, 0.1) is 20.8 Å². The molecule has 0 radical (unpaired) electrons. The van der Waals surface area contributed by atoms with Crippen LogP contribution in [0.25, 0.3) is 10.8 Å². The van der Waals surface area contributed by atoms with Gasteiger partial charge in [-0.05, 0) is 29.1 Å². The second-order valence-corrected chi connectivity index (χ2v) is 6.37. The fourth-order valence-electron chi connectivity index (χ4n) is 3.05. The van der Waals surface area contributed by atoms with Crippen LogP contribution in [-0.2, 0) is 6.54 Å². The lowest BCUT2D eigenvalue weighted by molar-refractivity contribution is 0.325. The SMILES string of the molecule is CN=C(NCCOc1cccc2ccccc12)NCc1ccc(OC)c(OC)c1. The Morgan fingerprint density at radius 2 is 1.66 bits per heavy atom. The van der Waals surface area contributed by atoms with Gasteiger partial charge in [-0.2, -0.15) is 0 Å². The molecule has 0 spiro atoms. The van der Waals surface area contributed by atoms with Gasteiger partial charge in [0, 0.05) is 19.0 Å². The summed E-state index contributed by atoms with van der Waals surface area (Å²) < 4.78 is 16.6. The van der Waals surface area contributed by atoms with Crippen molar-refractivity contribution in [3.8, 4) is 17.2 Å². The fourth-order valence-corrected chi connectivity index (χ4v) is 3.05. The molecule has 0 unspecified atom stereocenters. The van der Waals surface area contributed by atoms with Crippen molar-refractivity contribution < 1.29 is 14.2 Å². The first-order valence-corrected chi connectivity index (χ1v) is 9.51. The zero-order valence-electron chi connectivity index (χ0n) is 17.1. The standard InChI is InChI=1S/C23H27N3O3/c1-24-23(26-16-17-11-12-21(27-2)22(15-17)28-3)25-13-14-29-20-10-6-8-18-7-4-5-9-19(18)20/h4-12,15H,13-14,16H2,1-3H3,(H2,24,25,26).